The highest BCUT2D eigenvalue weighted by Gasteiger charge is 2.18. The number of aromatic nitrogens is 1. The van der Waals surface area contributed by atoms with E-state index in [1.807, 2.05) is 13.0 Å². The zero-order valence-corrected chi connectivity index (χ0v) is 18.4. The topological polar surface area (TPSA) is 75.4 Å². The van der Waals surface area contributed by atoms with Gasteiger partial charge in [-0.25, -0.2) is 13.4 Å². The molecule has 0 amide bonds. The average Bonchev–Trinajstić information content (AvgIpc) is 2.94. The van der Waals surface area contributed by atoms with E-state index in [4.69, 9.17) is 4.42 Å². The number of anilines is 1. The Hall–Kier alpha value is -2.12. The third kappa shape index (κ3) is 6.49. The van der Waals surface area contributed by atoms with Crippen molar-refractivity contribution in [3.8, 4) is 11.5 Å². The van der Waals surface area contributed by atoms with Gasteiger partial charge in [-0.2, -0.15) is 0 Å². The van der Waals surface area contributed by atoms with Crippen LogP contribution < -0.4 is 4.72 Å². The first-order chi connectivity index (χ1) is 13.1. The molecule has 1 heterocycles. The second-order valence-corrected chi connectivity index (χ2v) is 9.31. The minimum Gasteiger partial charge on any atom is -0.441 e. The van der Waals surface area contributed by atoms with E-state index in [0.717, 1.165) is 30.6 Å². The van der Waals surface area contributed by atoms with E-state index in [2.05, 4.69) is 48.5 Å². The number of aryl methyl sites for hydroxylation is 1. The molecule has 0 aliphatic rings. The molecule has 0 fully saturated rings. The molecule has 0 unspecified atom stereocenters. The maximum absolute atomic E-state index is 11.6. The predicted octanol–water partition coefficient (Wildman–Crippen LogP) is 4.59. The van der Waals surface area contributed by atoms with Crippen LogP contribution in [0.15, 0.2) is 40.3 Å². The first-order valence-electron chi connectivity index (χ1n) is 9.44. The van der Waals surface area contributed by atoms with E-state index in [-0.39, 0.29) is 0 Å². The smallest absolute Gasteiger partial charge is 0.229 e. The zero-order valence-electron chi connectivity index (χ0n) is 17.6. The van der Waals surface area contributed by atoms with Crippen LogP contribution in [0.4, 0.5) is 5.69 Å². The molecule has 1 atom stereocenters. The van der Waals surface area contributed by atoms with Gasteiger partial charge in [-0.15, -0.1) is 0 Å². The van der Waals surface area contributed by atoms with Gasteiger partial charge in [-0.3, -0.25) is 9.62 Å². The molecule has 0 aliphatic heterocycles. The molecule has 154 valence electrons. The van der Waals surface area contributed by atoms with Crippen molar-refractivity contribution in [2.75, 3.05) is 18.0 Å². The first-order valence-corrected chi connectivity index (χ1v) is 11.3. The number of nitrogens with one attached hydrogen (secondary N) is 1. The lowest BCUT2D eigenvalue weighted by molar-refractivity contribution is 0.235. The van der Waals surface area contributed by atoms with Crippen LogP contribution in [0.5, 0.6) is 0 Å². The highest BCUT2D eigenvalue weighted by Crippen LogP contribution is 2.29. The molecule has 28 heavy (non-hydrogen) atoms. The first kappa shape index (κ1) is 22.2. The number of benzene rings is 1. The molecule has 2 rings (SSSR count). The summed E-state index contributed by atoms with van der Waals surface area (Å²) in [6.45, 7) is 9.00. The fraction of sp³-hybridized carbons (Fsp3) is 0.476. The monoisotopic (exact) mass is 405 g/mol. The van der Waals surface area contributed by atoms with E-state index >= 15 is 0 Å². The number of oxazole rings is 1. The largest absolute Gasteiger partial charge is 0.441 e. The Morgan fingerprint density at radius 3 is 2.64 bits per heavy atom. The van der Waals surface area contributed by atoms with E-state index in [1.54, 1.807) is 18.2 Å². The number of hydrogen-bond donors (Lipinski definition) is 1. The summed E-state index contributed by atoms with van der Waals surface area (Å²) in [5.74, 6) is 1.16. The van der Waals surface area contributed by atoms with Crippen molar-refractivity contribution >= 4 is 15.7 Å². The van der Waals surface area contributed by atoms with Crippen LogP contribution in [0.25, 0.3) is 11.5 Å². The Morgan fingerprint density at radius 1 is 1.32 bits per heavy atom. The van der Waals surface area contributed by atoms with E-state index < -0.39 is 10.0 Å². The fourth-order valence-corrected chi connectivity index (χ4v) is 3.45. The van der Waals surface area contributed by atoms with Crippen molar-refractivity contribution < 1.29 is 12.8 Å². The summed E-state index contributed by atoms with van der Waals surface area (Å²) < 4.78 is 31.7. The SMILES string of the molecule is CC(C)=CCC[C@H](C)N(C)Cc1nc(-c2ccccc2NS(C)(=O)=O)oc1C. The van der Waals surface area contributed by atoms with Crippen molar-refractivity contribution in [1.29, 1.82) is 0 Å². The van der Waals surface area contributed by atoms with E-state index in [9.17, 15) is 8.42 Å². The van der Waals surface area contributed by atoms with Crippen LogP contribution in [0, 0.1) is 6.92 Å². The van der Waals surface area contributed by atoms with Gasteiger partial charge in [-0.1, -0.05) is 23.8 Å². The Labute approximate surface area is 168 Å². The van der Waals surface area contributed by atoms with E-state index in [1.165, 1.54) is 5.57 Å². The van der Waals surface area contributed by atoms with Crippen LogP contribution in [-0.2, 0) is 16.6 Å². The Balaban J connectivity index is 2.17. The normalized spacial score (nSPS) is 12.8. The summed E-state index contributed by atoms with van der Waals surface area (Å²) in [6.07, 6.45) is 5.52. The molecule has 6 nitrogen and oxygen atoms in total. The molecule has 0 bridgehead atoms. The van der Waals surface area contributed by atoms with Crippen molar-refractivity contribution in [2.24, 2.45) is 0 Å². The lowest BCUT2D eigenvalue weighted by atomic mass is 10.1. The van der Waals surface area contributed by atoms with Crippen LogP contribution in [0.2, 0.25) is 0 Å². The molecule has 0 saturated heterocycles. The summed E-state index contributed by atoms with van der Waals surface area (Å²) in [5.41, 5.74) is 3.29. The highest BCUT2D eigenvalue weighted by atomic mass is 32.2. The Morgan fingerprint density at radius 2 is 2.00 bits per heavy atom. The summed E-state index contributed by atoms with van der Waals surface area (Å²) in [7, 11) is -1.31. The van der Waals surface area contributed by atoms with Gasteiger partial charge in [0.05, 0.1) is 23.2 Å². The highest BCUT2D eigenvalue weighted by molar-refractivity contribution is 7.92. The molecule has 0 aliphatic carbocycles. The van der Waals surface area contributed by atoms with Crippen molar-refractivity contribution in [3.63, 3.8) is 0 Å². The van der Waals surface area contributed by atoms with E-state index in [0.29, 0.717) is 29.7 Å². The third-order valence-corrected chi connectivity index (χ3v) is 5.22. The molecule has 1 aromatic carbocycles. The Bertz CT molecular complexity index is 928. The Kier molecular flexibility index (Phi) is 7.43. The number of hydrogen-bond acceptors (Lipinski definition) is 5. The number of sulfonamides is 1. The minimum atomic E-state index is -3.39. The number of allylic oxidation sites excluding steroid dienone is 2. The number of para-hydroxylation sites is 1. The minimum absolute atomic E-state index is 0.411. The lowest BCUT2D eigenvalue weighted by Gasteiger charge is -2.23. The van der Waals surface area contributed by atoms with Crippen LogP contribution in [-0.4, -0.2) is 37.6 Å². The molecule has 0 saturated carbocycles. The summed E-state index contributed by atoms with van der Waals surface area (Å²) in [4.78, 5) is 6.90. The molecule has 1 N–H and O–H groups in total. The van der Waals surface area contributed by atoms with Crippen molar-refractivity contribution in [3.05, 3.63) is 47.4 Å². The van der Waals surface area contributed by atoms with Crippen LogP contribution in [0.3, 0.4) is 0 Å². The lowest BCUT2D eigenvalue weighted by Crippen LogP contribution is -2.28. The van der Waals surface area contributed by atoms with Gasteiger partial charge in [-0.05, 0) is 59.7 Å². The number of rotatable bonds is 9. The van der Waals surface area contributed by atoms with Gasteiger partial charge in [0.2, 0.25) is 15.9 Å². The zero-order chi connectivity index (χ0) is 20.9. The van der Waals surface area contributed by atoms with Gasteiger partial charge in [0.15, 0.2) is 0 Å². The van der Waals surface area contributed by atoms with Gasteiger partial charge in [0, 0.05) is 12.6 Å². The second kappa shape index (κ2) is 9.39. The molecule has 0 radical (unpaired) electrons. The molecular weight excluding hydrogens is 374 g/mol. The summed E-state index contributed by atoms with van der Waals surface area (Å²) in [6, 6.07) is 7.52. The predicted molar refractivity (Wildman–Crippen MR) is 115 cm³/mol. The molecule has 0 spiro atoms. The van der Waals surface area contributed by atoms with Gasteiger partial charge in [0.25, 0.3) is 0 Å². The molecule has 7 heteroatoms. The fourth-order valence-electron chi connectivity index (χ4n) is 2.87. The molecule has 1 aromatic heterocycles. The quantitative estimate of drug-likeness (QED) is 0.618. The maximum Gasteiger partial charge on any atom is 0.229 e. The average molecular weight is 406 g/mol. The number of nitrogens with zero attached hydrogens (tertiary/aromatic N) is 2. The van der Waals surface area contributed by atoms with Gasteiger partial charge in [0.1, 0.15) is 5.76 Å². The van der Waals surface area contributed by atoms with Crippen molar-refractivity contribution in [2.45, 2.75) is 53.1 Å². The van der Waals surface area contributed by atoms with Gasteiger partial charge < -0.3 is 4.42 Å². The summed E-state index contributed by atoms with van der Waals surface area (Å²) in [5, 5.41) is 0. The molecule has 2 aromatic rings. The van der Waals surface area contributed by atoms with Crippen molar-refractivity contribution in [1.82, 2.24) is 9.88 Å². The van der Waals surface area contributed by atoms with Gasteiger partial charge >= 0.3 is 0 Å². The van der Waals surface area contributed by atoms with Crippen LogP contribution >= 0.6 is 0 Å². The van der Waals surface area contributed by atoms with Crippen LogP contribution in [0.1, 0.15) is 45.1 Å². The second-order valence-electron chi connectivity index (χ2n) is 7.56. The maximum atomic E-state index is 11.6. The summed E-state index contributed by atoms with van der Waals surface area (Å²) >= 11 is 0. The third-order valence-electron chi connectivity index (χ3n) is 4.63. The molecular formula is C21H31N3O3S. The standard InChI is InChI=1S/C21H31N3O3S/c1-15(2)10-9-11-16(3)24(5)14-20-17(4)27-21(22-20)18-12-7-8-13-19(18)23-28(6,25)26/h7-8,10,12-13,16,23H,9,11,14H2,1-6H3/t16-/m0/s1.